The van der Waals surface area contributed by atoms with Gasteiger partial charge in [-0.15, -0.1) is 0 Å². The Bertz CT molecular complexity index is 440. The molecule has 6 heteroatoms. The largest absolute Gasteiger partial charge is 0.480 e. The van der Waals surface area contributed by atoms with E-state index in [1.165, 1.54) is 4.57 Å². The number of amides is 1. The van der Waals surface area contributed by atoms with E-state index in [0.717, 1.165) is 0 Å². The summed E-state index contributed by atoms with van der Waals surface area (Å²) in [6.07, 6.45) is 2.08. The summed E-state index contributed by atoms with van der Waals surface area (Å²) < 4.78 is 1.42. The van der Waals surface area contributed by atoms with Crippen LogP contribution in [0.1, 0.15) is 30.8 Å². The molecule has 0 spiro atoms. The fraction of sp³-hybridized carbons (Fsp3) is 0.538. The van der Waals surface area contributed by atoms with E-state index in [0.29, 0.717) is 18.7 Å². The maximum atomic E-state index is 12.4. The van der Waals surface area contributed by atoms with Crippen LogP contribution >= 0.6 is 0 Å². The molecule has 0 saturated heterocycles. The van der Waals surface area contributed by atoms with Crippen molar-refractivity contribution in [2.75, 3.05) is 13.2 Å². The average Bonchev–Trinajstić information content (AvgIpc) is 2.76. The summed E-state index contributed by atoms with van der Waals surface area (Å²) in [5, 5.41) is 17.7. The number of aliphatic hydroxyl groups excluding tert-OH is 1. The minimum absolute atomic E-state index is 0.00720. The third-order valence-electron chi connectivity index (χ3n) is 2.80. The van der Waals surface area contributed by atoms with Crippen LogP contribution in [0.5, 0.6) is 0 Å². The number of hydrogen-bond acceptors (Lipinski definition) is 3. The Morgan fingerprint density at radius 1 is 1.42 bits per heavy atom. The molecular weight excluding hydrogens is 248 g/mol. The predicted molar refractivity (Wildman–Crippen MR) is 69.9 cm³/mol. The lowest BCUT2D eigenvalue weighted by Crippen LogP contribution is -2.39. The van der Waals surface area contributed by atoms with Gasteiger partial charge in [-0.05, 0) is 32.4 Å². The smallest absolute Gasteiger partial charge is 0.323 e. The molecule has 0 aliphatic heterocycles. The molecule has 1 aromatic heterocycles. The van der Waals surface area contributed by atoms with Gasteiger partial charge in [0.1, 0.15) is 12.2 Å². The Morgan fingerprint density at radius 3 is 2.63 bits per heavy atom. The molecule has 1 heterocycles. The van der Waals surface area contributed by atoms with Crippen molar-refractivity contribution in [3.05, 3.63) is 24.0 Å². The van der Waals surface area contributed by atoms with E-state index in [1.807, 2.05) is 13.8 Å². The number of carbonyl (C=O) groups excluding carboxylic acids is 1. The van der Waals surface area contributed by atoms with Gasteiger partial charge in [0.25, 0.3) is 5.91 Å². The van der Waals surface area contributed by atoms with Crippen molar-refractivity contribution in [1.82, 2.24) is 9.47 Å². The monoisotopic (exact) mass is 268 g/mol. The van der Waals surface area contributed by atoms with Gasteiger partial charge in [0, 0.05) is 25.4 Å². The number of aromatic nitrogens is 1. The molecule has 0 radical (unpaired) electrons. The van der Waals surface area contributed by atoms with Gasteiger partial charge in [-0.2, -0.15) is 0 Å². The Labute approximate surface area is 112 Å². The summed E-state index contributed by atoms with van der Waals surface area (Å²) in [4.78, 5) is 24.8. The highest BCUT2D eigenvalue weighted by Crippen LogP contribution is 2.10. The summed E-state index contributed by atoms with van der Waals surface area (Å²) in [5.41, 5.74) is 0.356. The van der Waals surface area contributed by atoms with Gasteiger partial charge in [0.15, 0.2) is 0 Å². The van der Waals surface area contributed by atoms with Gasteiger partial charge in [0.05, 0.1) is 0 Å². The lowest BCUT2D eigenvalue weighted by atomic mass is 10.2. The van der Waals surface area contributed by atoms with Gasteiger partial charge in [0.2, 0.25) is 0 Å². The molecule has 0 aromatic carbocycles. The Morgan fingerprint density at radius 2 is 2.11 bits per heavy atom. The number of hydrogen-bond donors (Lipinski definition) is 2. The molecule has 19 heavy (non-hydrogen) atoms. The quantitative estimate of drug-likeness (QED) is 0.766. The van der Waals surface area contributed by atoms with Crippen LogP contribution < -0.4 is 0 Å². The molecule has 0 saturated carbocycles. The Balaban J connectivity index is 2.90. The summed E-state index contributed by atoms with van der Waals surface area (Å²) in [7, 11) is 0. The van der Waals surface area contributed by atoms with Gasteiger partial charge < -0.3 is 19.7 Å². The highest BCUT2D eigenvalue weighted by molar-refractivity contribution is 5.93. The first-order chi connectivity index (χ1) is 8.97. The minimum atomic E-state index is -0.989. The molecule has 0 aliphatic rings. The minimum Gasteiger partial charge on any atom is -0.480 e. The third kappa shape index (κ3) is 4.10. The van der Waals surface area contributed by atoms with Crippen LogP contribution in [-0.2, 0) is 11.3 Å². The average molecular weight is 268 g/mol. The topological polar surface area (TPSA) is 82.8 Å². The normalized spacial score (nSPS) is 10.7. The maximum absolute atomic E-state index is 12.4. The molecule has 1 aromatic rings. The molecule has 106 valence electrons. The fourth-order valence-electron chi connectivity index (χ4n) is 1.87. The van der Waals surface area contributed by atoms with Crippen molar-refractivity contribution in [3.63, 3.8) is 0 Å². The molecular formula is C13H20N2O4. The zero-order chi connectivity index (χ0) is 14.4. The summed E-state index contributed by atoms with van der Waals surface area (Å²) >= 11 is 0. The fourth-order valence-corrected chi connectivity index (χ4v) is 1.87. The molecule has 1 rings (SSSR count). The molecule has 0 atom stereocenters. The van der Waals surface area contributed by atoms with Crippen LogP contribution in [-0.4, -0.2) is 50.8 Å². The van der Waals surface area contributed by atoms with Gasteiger partial charge in [-0.3, -0.25) is 9.59 Å². The first-order valence-corrected chi connectivity index (χ1v) is 6.26. The van der Waals surface area contributed by atoms with Crippen molar-refractivity contribution in [1.29, 1.82) is 0 Å². The second-order valence-corrected chi connectivity index (χ2v) is 4.58. The van der Waals surface area contributed by atoms with E-state index in [4.69, 9.17) is 10.2 Å². The molecule has 0 fully saturated rings. The first kappa shape index (κ1) is 15.2. The second-order valence-electron chi connectivity index (χ2n) is 4.58. The third-order valence-corrected chi connectivity index (χ3v) is 2.80. The number of nitrogens with zero attached hydrogens (tertiary/aromatic N) is 2. The zero-order valence-corrected chi connectivity index (χ0v) is 11.2. The number of aliphatic carboxylic acids is 1. The van der Waals surface area contributed by atoms with E-state index in [-0.39, 0.29) is 25.1 Å². The van der Waals surface area contributed by atoms with Crippen molar-refractivity contribution in [2.24, 2.45) is 0 Å². The molecule has 6 nitrogen and oxygen atoms in total. The van der Waals surface area contributed by atoms with Crippen LogP contribution in [0, 0.1) is 0 Å². The lowest BCUT2D eigenvalue weighted by molar-refractivity contribution is -0.137. The molecule has 0 bridgehead atoms. The number of carboxylic acid groups (broad SMARTS) is 1. The Hall–Kier alpha value is -1.82. The Kier molecular flexibility index (Phi) is 5.57. The summed E-state index contributed by atoms with van der Waals surface area (Å²) in [6, 6.07) is 3.26. The standard InChI is InChI=1S/C13H20N2O4/c1-10(2)15(7-4-8-16)13(19)11-5-3-6-14(11)9-12(17)18/h3,5-6,10,16H,4,7-9H2,1-2H3,(H,17,18). The van der Waals surface area contributed by atoms with Crippen LogP contribution in [0.15, 0.2) is 18.3 Å². The van der Waals surface area contributed by atoms with Crippen LogP contribution in [0.4, 0.5) is 0 Å². The number of aliphatic hydroxyl groups is 1. The highest BCUT2D eigenvalue weighted by atomic mass is 16.4. The maximum Gasteiger partial charge on any atom is 0.323 e. The van der Waals surface area contributed by atoms with E-state index >= 15 is 0 Å². The summed E-state index contributed by atoms with van der Waals surface area (Å²) in [5.74, 6) is -1.20. The van der Waals surface area contributed by atoms with E-state index in [9.17, 15) is 9.59 Å². The number of rotatable bonds is 7. The van der Waals surface area contributed by atoms with Crippen molar-refractivity contribution in [2.45, 2.75) is 32.9 Å². The number of carboxylic acids is 1. The van der Waals surface area contributed by atoms with E-state index in [1.54, 1.807) is 23.2 Å². The molecule has 0 aliphatic carbocycles. The van der Waals surface area contributed by atoms with Gasteiger partial charge >= 0.3 is 5.97 Å². The van der Waals surface area contributed by atoms with Crippen molar-refractivity contribution < 1.29 is 19.8 Å². The van der Waals surface area contributed by atoms with Gasteiger partial charge in [-0.25, -0.2) is 0 Å². The van der Waals surface area contributed by atoms with Crippen molar-refractivity contribution >= 4 is 11.9 Å². The van der Waals surface area contributed by atoms with E-state index in [2.05, 4.69) is 0 Å². The summed E-state index contributed by atoms with van der Waals surface area (Å²) in [6.45, 7) is 4.01. The lowest BCUT2D eigenvalue weighted by Gasteiger charge is -2.26. The SMILES string of the molecule is CC(C)N(CCCO)C(=O)c1cccn1CC(=O)O. The second kappa shape index (κ2) is 6.94. The van der Waals surface area contributed by atoms with Crippen LogP contribution in [0.2, 0.25) is 0 Å². The van der Waals surface area contributed by atoms with Gasteiger partial charge in [-0.1, -0.05) is 0 Å². The van der Waals surface area contributed by atoms with Crippen molar-refractivity contribution in [3.8, 4) is 0 Å². The predicted octanol–water partition coefficient (Wildman–Crippen LogP) is 0.806. The molecule has 2 N–H and O–H groups in total. The molecule has 0 unspecified atom stereocenters. The first-order valence-electron chi connectivity index (χ1n) is 6.26. The van der Waals surface area contributed by atoms with Crippen LogP contribution in [0.3, 0.4) is 0 Å². The van der Waals surface area contributed by atoms with Crippen LogP contribution in [0.25, 0.3) is 0 Å². The molecule has 1 amide bonds. The zero-order valence-electron chi connectivity index (χ0n) is 11.2. The highest BCUT2D eigenvalue weighted by Gasteiger charge is 2.21. The van der Waals surface area contributed by atoms with E-state index < -0.39 is 5.97 Å². The number of carbonyl (C=O) groups is 2.